The van der Waals surface area contributed by atoms with Gasteiger partial charge in [0, 0.05) is 18.8 Å². The van der Waals surface area contributed by atoms with Crippen molar-refractivity contribution in [3.8, 4) is 0 Å². The van der Waals surface area contributed by atoms with Gasteiger partial charge in [0.15, 0.2) is 29.7 Å². The van der Waals surface area contributed by atoms with Crippen LogP contribution >= 0.6 is 69.6 Å². The number of aliphatic hydroxyl groups excluding tert-OH is 1. The Morgan fingerprint density at radius 1 is 0.907 bits per heavy atom. The van der Waals surface area contributed by atoms with Crippen LogP contribution in [0.3, 0.4) is 0 Å². The number of aliphatic hydroxyl groups is 1. The number of ketones is 1. The van der Waals surface area contributed by atoms with Crippen LogP contribution in [-0.4, -0.2) is 103 Å². The first kappa shape index (κ1) is 41.1. The predicted octanol–water partition coefficient (Wildman–Crippen LogP) is 5.08. The third-order valence-corrected chi connectivity index (χ3v) is 12.2. The van der Waals surface area contributed by atoms with E-state index in [1.807, 2.05) is 0 Å². The van der Waals surface area contributed by atoms with E-state index in [2.05, 4.69) is 0 Å². The molecule has 6 rings (SSSR count). The van der Waals surface area contributed by atoms with E-state index in [1.54, 1.807) is 18.2 Å². The van der Waals surface area contributed by atoms with Crippen molar-refractivity contribution < 1.29 is 67.0 Å². The zero-order valence-electron chi connectivity index (χ0n) is 28.9. The van der Waals surface area contributed by atoms with Gasteiger partial charge in [-0.2, -0.15) is 0 Å². The fourth-order valence-corrected chi connectivity index (χ4v) is 9.27. The minimum Gasteiger partial charge on any atom is -0.458 e. The normalized spacial score (nSPS) is 36.7. The van der Waals surface area contributed by atoms with Gasteiger partial charge in [-0.25, -0.2) is 19.2 Å². The molecule has 0 radical (unpaired) electrons. The van der Waals surface area contributed by atoms with Crippen LogP contribution < -0.4 is 0 Å². The summed E-state index contributed by atoms with van der Waals surface area (Å²) in [4.78, 5) is 83.1. The van der Waals surface area contributed by atoms with Gasteiger partial charge in [-0.3, -0.25) is 9.59 Å². The average molecular weight is 877 g/mol. The Balaban J connectivity index is 1.74. The van der Waals surface area contributed by atoms with Crippen LogP contribution in [0.5, 0.6) is 0 Å². The van der Waals surface area contributed by atoms with Gasteiger partial charge in [0.25, 0.3) is 7.59 Å². The molecule has 4 fully saturated rings. The van der Waals surface area contributed by atoms with Crippen molar-refractivity contribution in [2.24, 2.45) is 16.7 Å². The van der Waals surface area contributed by atoms with Crippen molar-refractivity contribution >= 4 is 105 Å². The van der Waals surface area contributed by atoms with Gasteiger partial charge >= 0.3 is 30.0 Å². The van der Waals surface area contributed by atoms with E-state index in [0.29, 0.717) is 0 Å². The van der Waals surface area contributed by atoms with Crippen molar-refractivity contribution in [2.45, 2.75) is 96.5 Å². The number of carbonyl (C=O) groups excluding carboxylic acids is 6. The fraction of sp³-hybridized carbons (Fsp3) is 0.588. The molecule has 2 aliphatic heterocycles. The number of alkyl halides is 6. The summed E-state index contributed by atoms with van der Waals surface area (Å²) in [5.74, 6) is -7.71. The van der Waals surface area contributed by atoms with Crippen molar-refractivity contribution in [1.82, 2.24) is 0 Å². The highest BCUT2D eigenvalue weighted by molar-refractivity contribution is 6.76. The molecule has 2 heterocycles. The minimum absolute atomic E-state index is 0.000638. The first-order valence-electron chi connectivity index (χ1n) is 16.3. The number of hydrogen-bond acceptors (Lipinski definition) is 14. The first-order valence-corrected chi connectivity index (χ1v) is 18.6. The maximum atomic E-state index is 15.7. The molecule has 10 atom stereocenters. The van der Waals surface area contributed by atoms with Gasteiger partial charge in [0.2, 0.25) is 5.60 Å². The van der Waals surface area contributed by atoms with E-state index in [4.69, 9.17) is 103 Å². The molecule has 1 unspecified atom stereocenters. The number of rotatable bonds is 5. The van der Waals surface area contributed by atoms with E-state index in [1.165, 1.54) is 39.8 Å². The van der Waals surface area contributed by atoms with Crippen LogP contribution in [0.4, 0.5) is 4.79 Å². The van der Waals surface area contributed by atoms with E-state index in [9.17, 15) is 29.1 Å². The Hall–Kier alpha value is -2.56. The molecule has 0 aromatic heterocycles. The van der Waals surface area contributed by atoms with E-state index in [-0.39, 0.29) is 16.7 Å². The van der Waals surface area contributed by atoms with E-state index >= 15 is 4.79 Å². The summed E-state index contributed by atoms with van der Waals surface area (Å²) in [5, 5.41) is 11.9. The van der Waals surface area contributed by atoms with Gasteiger partial charge in [0.1, 0.15) is 18.3 Å². The lowest BCUT2D eigenvalue weighted by Crippen LogP contribution is -2.83. The maximum absolute atomic E-state index is 15.7. The van der Waals surface area contributed by atoms with Crippen molar-refractivity contribution in [3.63, 3.8) is 0 Å². The molecule has 14 nitrogen and oxygen atoms in total. The topological polar surface area (TPSA) is 187 Å². The second-order valence-electron chi connectivity index (χ2n) is 14.4. The summed E-state index contributed by atoms with van der Waals surface area (Å²) in [7, 11) is 0. The molecule has 0 amide bonds. The van der Waals surface area contributed by atoms with Crippen molar-refractivity contribution in [3.05, 3.63) is 47.0 Å². The lowest BCUT2D eigenvalue weighted by Gasteiger charge is -2.67. The Labute approximate surface area is 337 Å². The molecule has 1 spiro atoms. The highest BCUT2D eigenvalue weighted by Crippen LogP contribution is 2.67. The third kappa shape index (κ3) is 6.05. The highest BCUT2D eigenvalue weighted by atomic mass is 35.6. The molecule has 3 aliphatic carbocycles. The minimum atomic E-state index is -2.76. The quantitative estimate of drug-likeness (QED) is 0.179. The van der Waals surface area contributed by atoms with Gasteiger partial charge in [0.05, 0.1) is 23.5 Å². The molecule has 2 bridgehead atoms. The third-order valence-electron chi connectivity index (χ3n) is 11.3. The van der Waals surface area contributed by atoms with E-state index < -0.39 is 121 Å². The Kier molecular flexibility index (Phi) is 10.3. The average Bonchev–Trinajstić information content (AvgIpc) is 3.43. The smallest absolute Gasteiger partial charge is 0.458 e. The Morgan fingerprint density at radius 3 is 2.04 bits per heavy atom. The van der Waals surface area contributed by atoms with E-state index in [0.717, 1.165) is 6.92 Å². The van der Waals surface area contributed by atoms with Gasteiger partial charge < -0.3 is 38.3 Å². The summed E-state index contributed by atoms with van der Waals surface area (Å²) < 4.78 is 36.1. The zero-order chi connectivity index (χ0) is 40.1. The van der Waals surface area contributed by atoms with Crippen LogP contribution in [0, 0.1) is 16.7 Å². The fourth-order valence-electron chi connectivity index (χ4n) is 9.00. The SMILES string of the molecule is CC(=O)O[C@@]12COC1C[C@H](OC(=O)C(Cl)(Cl)Cl)[C@@]1(C)C(=O)[C@H](OC(=O)C(Cl)(Cl)Cl)C3=C(C)[C@@H](O)[C@@H]4OC(=O)O[C@]4([C@@H](OC(=O)c4ccccc4)[C@@H]12)C3(C)C. The Bertz CT molecular complexity index is 1840. The van der Waals surface area contributed by atoms with Gasteiger partial charge in [-0.05, 0) is 37.1 Å². The second kappa shape index (κ2) is 13.5. The summed E-state index contributed by atoms with van der Waals surface area (Å²) >= 11 is 35.6. The second-order valence-corrected chi connectivity index (χ2v) is 19.0. The molecule has 1 aromatic carbocycles. The molecule has 1 aromatic rings. The van der Waals surface area contributed by atoms with Crippen LogP contribution in [-0.2, 0) is 52.3 Å². The molecular formula is C34H32Cl6O14. The lowest BCUT2D eigenvalue weighted by atomic mass is 9.44. The number of carbonyl (C=O) groups is 6. The molecule has 20 heteroatoms. The standard InChI is InChI=1S/C34H32Cl6O14/c1-13-18-20(50-27(46)34(38,39)40)22(43)30(5)16(49-26(45)33(35,36)37)11-17-31(12-48-17,53-14(2)41)21(30)24(51-25(44)15-9-7-6-8-10-15)32(29(18,3)4)23(19(13)42)52-28(47)54-32/h6-10,16-17,19-21,23-24,42H,11-12H2,1-5H3/t16-,17?,19+,20+,21-,23-,24-,30+,31-,32+/m0/s1. The monoisotopic (exact) mass is 874 g/mol. The van der Waals surface area contributed by atoms with Crippen LogP contribution in [0.15, 0.2) is 41.5 Å². The number of halogens is 6. The van der Waals surface area contributed by atoms with Crippen molar-refractivity contribution in [2.75, 3.05) is 6.61 Å². The zero-order valence-corrected chi connectivity index (χ0v) is 33.4. The highest BCUT2D eigenvalue weighted by Gasteiger charge is 2.83. The number of esters is 4. The summed E-state index contributed by atoms with van der Waals surface area (Å²) in [6.07, 6.45) is -12.2. The van der Waals surface area contributed by atoms with Crippen LogP contribution in [0.2, 0.25) is 0 Å². The number of benzene rings is 1. The molecule has 2 saturated carbocycles. The van der Waals surface area contributed by atoms with Gasteiger partial charge in [-0.15, -0.1) is 0 Å². The number of hydrogen-bond donors (Lipinski definition) is 1. The molecule has 5 aliphatic rings. The number of Topliss-reactive ketones (excluding diaryl/α,β-unsaturated/α-hetero) is 1. The number of fused-ring (bicyclic) bond motifs is 4. The summed E-state index contributed by atoms with van der Waals surface area (Å²) in [5.41, 5.74) is -8.63. The molecule has 294 valence electrons. The predicted molar refractivity (Wildman–Crippen MR) is 188 cm³/mol. The molecule has 2 saturated heterocycles. The summed E-state index contributed by atoms with van der Waals surface area (Å²) in [6.45, 7) is 6.23. The lowest BCUT2D eigenvalue weighted by molar-refractivity contribution is -0.346. The maximum Gasteiger partial charge on any atom is 0.509 e. The van der Waals surface area contributed by atoms with Crippen molar-refractivity contribution in [1.29, 1.82) is 0 Å². The largest absolute Gasteiger partial charge is 0.509 e. The van der Waals surface area contributed by atoms with Gasteiger partial charge in [-0.1, -0.05) is 102 Å². The Morgan fingerprint density at radius 2 is 1.50 bits per heavy atom. The molecule has 54 heavy (non-hydrogen) atoms. The van der Waals surface area contributed by atoms with Crippen LogP contribution in [0.1, 0.15) is 51.4 Å². The molecular weight excluding hydrogens is 845 g/mol. The summed E-state index contributed by atoms with van der Waals surface area (Å²) in [6, 6.07) is 7.59. The number of ether oxygens (including phenoxy) is 7. The first-order chi connectivity index (χ1) is 24.9. The van der Waals surface area contributed by atoms with Crippen LogP contribution in [0.25, 0.3) is 0 Å². The molecule has 1 N–H and O–H groups in total.